The summed E-state index contributed by atoms with van der Waals surface area (Å²) in [6.07, 6.45) is 10.5. The average molecular weight is 234 g/mol. The van der Waals surface area contributed by atoms with Crippen molar-refractivity contribution in [2.45, 2.75) is 57.0 Å². The van der Waals surface area contributed by atoms with Crippen molar-refractivity contribution in [3.63, 3.8) is 0 Å². The van der Waals surface area contributed by atoms with Crippen LogP contribution in [0.15, 0.2) is 0 Å². The normalized spacial score (nSPS) is 45.9. The first-order valence-corrected chi connectivity index (χ1v) is 7.86. The van der Waals surface area contributed by atoms with Crippen LogP contribution in [0.1, 0.15) is 44.9 Å². The fourth-order valence-electron chi connectivity index (χ4n) is 4.61. The first-order chi connectivity index (χ1) is 8.38. The van der Waals surface area contributed by atoms with Gasteiger partial charge in [-0.1, -0.05) is 6.42 Å². The van der Waals surface area contributed by atoms with Crippen LogP contribution >= 0.6 is 0 Å². The lowest BCUT2D eigenvalue weighted by molar-refractivity contribution is 0.297. The zero-order valence-corrected chi connectivity index (χ0v) is 10.9. The van der Waals surface area contributed by atoms with E-state index in [4.69, 9.17) is 0 Å². The molecule has 0 amide bonds. The molecule has 1 aliphatic heterocycles. The fourth-order valence-corrected chi connectivity index (χ4v) is 4.61. The number of nitrogens with one attached hydrogen (secondary N) is 1. The molecule has 0 aromatic rings. The monoisotopic (exact) mass is 234 g/mol. The van der Waals surface area contributed by atoms with Crippen molar-refractivity contribution in [3.8, 4) is 0 Å². The Morgan fingerprint density at radius 1 is 1.00 bits per heavy atom. The van der Waals surface area contributed by atoms with Crippen molar-refractivity contribution in [2.75, 3.05) is 19.6 Å². The van der Waals surface area contributed by atoms with Crippen LogP contribution in [0.2, 0.25) is 0 Å². The van der Waals surface area contributed by atoms with Crippen LogP contribution in [0, 0.1) is 17.8 Å². The molecular weight excluding hydrogens is 208 g/mol. The van der Waals surface area contributed by atoms with Crippen molar-refractivity contribution < 1.29 is 0 Å². The van der Waals surface area contributed by atoms with Gasteiger partial charge in [-0.15, -0.1) is 0 Å². The van der Waals surface area contributed by atoms with Crippen LogP contribution in [-0.4, -0.2) is 36.6 Å². The summed E-state index contributed by atoms with van der Waals surface area (Å²) in [5.74, 6) is 3.08. The summed E-state index contributed by atoms with van der Waals surface area (Å²) in [6.45, 7) is 4.07. The van der Waals surface area contributed by atoms with E-state index in [-0.39, 0.29) is 0 Å². The SMILES string of the molecule is C1CC2CC1CC2NCC1CCN(C2CC2)C1. The predicted octanol–water partition coefficient (Wildman–Crippen LogP) is 2.25. The Balaban J connectivity index is 1.23. The Kier molecular flexibility index (Phi) is 2.69. The molecule has 0 spiro atoms. The minimum atomic E-state index is 0.892. The Hall–Kier alpha value is -0.0800. The van der Waals surface area contributed by atoms with Crippen LogP contribution in [0.3, 0.4) is 0 Å². The van der Waals surface area contributed by atoms with Crippen LogP contribution < -0.4 is 5.32 Å². The predicted molar refractivity (Wildman–Crippen MR) is 69.9 cm³/mol. The molecule has 17 heavy (non-hydrogen) atoms. The number of nitrogens with zero attached hydrogens (tertiary/aromatic N) is 1. The zero-order chi connectivity index (χ0) is 11.2. The molecule has 1 heterocycles. The maximum absolute atomic E-state index is 3.91. The topological polar surface area (TPSA) is 15.3 Å². The molecule has 2 bridgehead atoms. The Morgan fingerprint density at radius 3 is 2.65 bits per heavy atom. The van der Waals surface area contributed by atoms with Gasteiger partial charge in [0.15, 0.2) is 0 Å². The van der Waals surface area contributed by atoms with Crippen molar-refractivity contribution in [2.24, 2.45) is 17.8 Å². The van der Waals surface area contributed by atoms with Crippen LogP contribution in [0.5, 0.6) is 0 Å². The first-order valence-electron chi connectivity index (χ1n) is 7.86. The van der Waals surface area contributed by atoms with Gasteiger partial charge in [0.25, 0.3) is 0 Å². The van der Waals surface area contributed by atoms with Gasteiger partial charge in [-0.3, -0.25) is 0 Å². The maximum Gasteiger partial charge on any atom is 0.00981 e. The van der Waals surface area contributed by atoms with E-state index in [2.05, 4.69) is 10.2 Å². The summed E-state index contributed by atoms with van der Waals surface area (Å²) < 4.78 is 0. The lowest BCUT2D eigenvalue weighted by Gasteiger charge is -2.24. The number of hydrogen-bond acceptors (Lipinski definition) is 2. The van der Waals surface area contributed by atoms with E-state index in [0.29, 0.717) is 0 Å². The second-order valence-corrected chi connectivity index (χ2v) is 7.07. The summed E-state index contributed by atoms with van der Waals surface area (Å²) in [5.41, 5.74) is 0. The molecule has 4 fully saturated rings. The summed E-state index contributed by atoms with van der Waals surface area (Å²) in [7, 11) is 0. The van der Waals surface area contributed by atoms with Gasteiger partial charge in [0.1, 0.15) is 0 Å². The molecule has 2 nitrogen and oxygen atoms in total. The molecule has 3 aliphatic carbocycles. The van der Waals surface area contributed by atoms with Gasteiger partial charge >= 0.3 is 0 Å². The van der Waals surface area contributed by atoms with E-state index < -0.39 is 0 Å². The van der Waals surface area contributed by atoms with E-state index >= 15 is 0 Å². The fraction of sp³-hybridized carbons (Fsp3) is 1.00. The summed E-state index contributed by atoms with van der Waals surface area (Å²) in [4.78, 5) is 2.74. The lowest BCUT2D eigenvalue weighted by atomic mass is 9.95. The molecule has 4 aliphatic rings. The zero-order valence-electron chi connectivity index (χ0n) is 10.9. The number of likely N-dealkylation sites (tertiary alicyclic amines) is 1. The third kappa shape index (κ3) is 2.15. The number of hydrogen-bond donors (Lipinski definition) is 1. The standard InChI is InChI=1S/C15H26N2/c1-2-13-7-11(1)8-15(13)16-9-12-5-6-17(10-12)14-3-4-14/h11-16H,1-10H2. The molecule has 0 radical (unpaired) electrons. The Bertz CT molecular complexity index is 287. The first kappa shape index (κ1) is 10.8. The van der Waals surface area contributed by atoms with Crippen LogP contribution in [-0.2, 0) is 0 Å². The molecule has 2 heteroatoms. The largest absolute Gasteiger partial charge is 0.313 e. The highest BCUT2D eigenvalue weighted by atomic mass is 15.2. The highest BCUT2D eigenvalue weighted by Crippen LogP contribution is 2.44. The van der Waals surface area contributed by atoms with Crippen molar-refractivity contribution in [1.29, 1.82) is 0 Å². The molecule has 4 unspecified atom stereocenters. The van der Waals surface area contributed by atoms with Crippen molar-refractivity contribution in [3.05, 3.63) is 0 Å². The van der Waals surface area contributed by atoms with Gasteiger partial charge in [-0.05, 0) is 69.4 Å². The maximum atomic E-state index is 3.91. The van der Waals surface area contributed by atoms with Gasteiger partial charge in [0.05, 0.1) is 0 Å². The van der Waals surface area contributed by atoms with Crippen LogP contribution in [0.25, 0.3) is 0 Å². The third-order valence-corrected chi connectivity index (χ3v) is 5.79. The molecular formula is C15H26N2. The third-order valence-electron chi connectivity index (χ3n) is 5.79. The molecule has 96 valence electrons. The second kappa shape index (κ2) is 4.24. The van der Waals surface area contributed by atoms with Gasteiger partial charge < -0.3 is 10.2 Å². The number of rotatable bonds is 4. The van der Waals surface area contributed by atoms with E-state index in [0.717, 1.165) is 29.8 Å². The number of fused-ring (bicyclic) bond motifs is 2. The average Bonchev–Trinajstić information content (AvgIpc) is 2.80. The highest BCUT2D eigenvalue weighted by Gasteiger charge is 2.40. The van der Waals surface area contributed by atoms with E-state index in [1.165, 1.54) is 64.6 Å². The van der Waals surface area contributed by atoms with Crippen LogP contribution in [0.4, 0.5) is 0 Å². The quantitative estimate of drug-likeness (QED) is 0.802. The van der Waals surface area contributed by atoms with E-state index in [1.807, 2.05) is 0 Å². The molecule has 4 atom stereocenters. The summed E-state index contributed by atoms with van der Waals surface area (Å²) >= 11 is 0. The second-order valence-electron chi connectivity index (χ2n) is 7.07. The van der Waals surface area contributed by atoms with E-state index in [1.54, 1.807) is 0 Å². The molecule has 1 N–H and O–H groups in total. The molecule has 0 aromatic carbocycles. The minimum absolute atomic E-state index is 0.892. The molecule has 1 saturated heterocycles. The molecule has 4 rings (SSSR count). The molecule has 3 saturated carbocycles. The minimum Gasteiger partial charge on any atom is -0.313 e. The van der Waals surface area contributed by atoms with Crippen molar-refractivity contribution >= 4 is 0 Å². The lowest BCUT2D eigenvalue weighted by Crippen LogP contribution is -2.38. The smallest absolute Gasteiger partial charge is 0.00981 e. The summed E-state index contributed by atoms with van der Waals surface area (Å²) in [6, 6.07) is 1.88. The van der Waals surface area contributed by atoms with Gasteiger partial charge in [-0.25, -0.2) is 0 Å². The highest BCUT2D eigenvalue weighted by molar-refractivity contribution is 4.95. The van der Waals surface area contributed by atoms with Gasteiger partial charge in [0.2, 0.25) is 0 Å². The van der Waals surface area contributed by atoms with E-state index in [9.17, 15) is 0 Å². The Morgan fingerprint density at radius 2 is 1.94 bits per heavy atom. The summed E-state index contributed by atoms with van der Waals surface area (Å²) in [5, 5.41) is 3.91. The Labute approximate surface area is 105 Å². The van der Waals surface area contributed by atoms with Gasteiger partial charge in [0, 0.05) is 18.6 Å². The molecule has 0 aromatic heterocycles. The van der Waals surface area contributed by atoms with Gasteiger partial charge in [-0.2, -0.15) is 0 Å². The van der Waals surface area contributed by atoms with Crippen molar-refractivity contribution in [1.82, 2.24) is 10.2 Å².